The molecule has 0 aliphatic carbocycles. The van der Waals surface area contributed by atoms with E-state index in [1.807, 2.05) is 30.3 Å². The van der Waals surface area contributed by atoms with Crippen molar-refractivity contribution in [3.63, 3.8) is 0 Å². The third-order valence-corrected chi connectivity index (χ3v) is 2.30. The molecular weight excluding hydrogens is 202 g/mol. The van der Waals surface area contributed by atoms with Gasteiger partial charge in [-0.25, -0.2) is 4.79 Å². The summed E-state index contributed by atoms with van der Waals surface area (Å²) in [6, 6.07) is 8.62. The molecule has 1 aromatic heterocycles. The second-order valence-corrected chi connectivity index (χ2v) is 3.20. The fourth-order valence-corrected chi connectivity index (χ4v) is 1.58. The van der Waals surface area contributed by atoms with Crippen molar-refractivity contribution in [2.75, 3.05) is 0 Å². The third kappa shape index (κ3) is 1.68. The maximum absolute atomic E-state index is 10.2. The molecule has 2 aromatic rings. The van der Waals surface area contributed by atoms with E-state index in [4.69, 9.17) is 5.26 Å². The second-order valence-electron chi connectivity index (χ2n) is 3.20. The van der Waals surface area contributed by atoms with Crippen LogP contribution in [0.2, 0.25) is 0 Å². The van der Waals surface area contributed by atoms with Gasteiger partial charge in [0.15, 0.2) is 6.04 Å². The fourth-order valence-electron chi connectivity index (χ4n) is 1.58. The third-order valence-electron chi connectivity index (χ3n) is 2.30. The Balaban J connectivity index is 2.69. The van der Waals surface area contributed by atoms with Gasteiger partial charge in [-0.15, -0.1) is 0 Å². The van der Waals surface area contributed by atoms with E-state index in [0.29, 0.717) is 5.56 Å². The predicted octanol–water partition coefficient (Wildman–Crippen LogP) is 2.14. The van der Waals surface area contributed by atoms with E-state index < -0.39 is 6.04 Å². The molecule has 1 heterocycles. The lowest BCUT2D eigenvalue weighted by Gasteiger charge is -2.05. The van der Waals surface area contributed by atoms with Crippen molar-refractivity contribution >= 4 is 16.9 Å². The van der Waals surface area contributed by atoms with Crippen molar-refractivity contribution in [3.05, 3.63) is 42.2 Å². The molecule has 4 nitrogen and oxygen atoms in total. The predicted molar refractivity (Wildman–Crippen MR) is 58.2 cm³/mol. The van der Waals surface area contributed by atoms with E-state index in [0.717, 1.165) is 10.8 Å². The van der Waals surface area contributed by atoms with Crippen molar-refractivity contribution in [3.8, 4) is 6.07 Å². The number of carbonyl (C=O) groups excluding carboxylic acids is 1. The van der Waals surface area contributed by atoms with E-state index in [9.17, 15) is 4.79 Å². The van der Waals surface area contributed by atoms with Crippen LogP contribution in [-0.2, 0) is 4.79 Å². The molecule has 1 atom stereocenters. The molecule has 0 bridgehead atoms. The zero-order valence-electron chi connectivity index (χ0n) is 8.29. The van der Waals surface area contributed by atoms with Gasteiger partial charge in [-0.3, -0.25) is 4.98 Å². The van der Waals surface area contributed by atoms with Crippen molar-refractivity contribution in [2.24, 2.45) is 4.99 Å². The van der Waals surface area contributed by atoms with Gasteiger partial charge in [0.05, 0.1) is 6.07 Å². The summed E-state index contributed by atoms with van der Waals surface area (Å²) in [5.74, 6) is 0. The Morgan fingerprint density at radius 3 is 2.88 bits per heavy atom. The normalized spacial score (nSPS) is 11.4. The van der Waals surface area contributed by atoms with Crippen LogP contribution in [-0.4, -0.2) is 11.1 Å². The Labute approximate surface area is 91.9 Å². The molecule has 4 heteroatoms. The Kier molecular flexibility index (Phi) is 2.73. The number of nitriles is 1. The first kappa shape index (κ1) is 10.0. The minimum Gasteiger partial charge on any atom is -0.264 e. The van der Waals surface area contributed by atoms with Gasteiger partial charge in [-0.1, -0.05) is 24.3 Å². The maximum atomic E-state index is 10.2. The van der Waals surface area contributed by atoms with Gasteiger partial charge >= 0.3 is 0 Å². The van der Waals surface area contributed by atoms with E-state index in [1.54, 1.807) is 12.4 Å². The molecule has 0 amide bonds. The van der Waals surface area contributed by atoms with Gasteiger partial charge in [0.25, 0.3) is 0 Å². The topological polar surface area (TPSA) is 66.1 Å². The summed E-state index contributed by atoms with van der Waals surface area (Å²) >= 11 is 0. The molecular formula is C12H7N3O. The SMILES string of the molecule is N#CC(N=C=O)c1cncc2ccccc12. The lowest BCUT2D eigenvalue weighted by Crippen LogP contribution is -1.94. The van der Waals surface area contributed by atoms with E-state index >= 15 is 0 Å². The number of benzene rings is 1. The highest BCUT2D eigenvalue weighted by Gasteiger charge is 2.12. The number of pyridine rings is 1. The van der Waals surface area contributed by atoms with Crippen LogP contribution in [0.5, 0.6) is 0 Å². The molecule has 0 saturated carbocycles. The van der Waals surface area contributed by atoms with Crippen molar-refractivity contribution in [1.29, 1.82) is 5.26 Å². The summed E-state index contributed by atoms with van der Waals surface area (Å²) in [6.45, 7) is 0. The standard InChI is InChI=1S/C12H7N3O/c13-5-12(15-8-16)11-7-14-6-9-3-1-2-4-10(9)11/h1-4,6-7,12H. The largest absolute Gasteiger partial charge is 0.264 e. The Morgan fingerprint density at radius 2 is 2.12 bits per heavy atom. The summed E-state index contributed by atoms with van der Waals surface area (Å²) in [5.41, 5.74) is 0.629. The average Bonchev–Trinajstić information content (AvgIpc) is 2.35. The van der Waals surface area contributed by atoms with Gasteiger partial charge in [0.2, 0.25) is 6.08 Å². The average molecular weight is 209 g/mol. The van der Waals surface area contributed by atoms with Crippen LogP contribution in [0.4, 0.5) is 0 Å². The minimum absolute atomic E-state index is 0.629. The Bertz CT molecular complexity index is 604. The fraction of sp³-hybridized carbons (Fsp3) is 0.0833. The molecule has 1 aromatic carbocycles. The zero-order chi connectivity index (χ0) is 11.4. The number of aliphatic imine (C=N–C) groups is 1. The van der Waals surface area contributed by atoms with Crippen LogP contribution < -0.4 is 0 Å². The quantitative estimate of drug-likeness (QED) is 0.562. The Morgan fingerprint density at radius 1 is 1.31 bits per heavy atom. The molecule has 0 aliphatic heterocycles. The first-order chi connectivity index (χ1) is 7.86. The molecule has 0 saturated heterocycles. The van der Waals surface area contributed by atoms with Crippen LogP contribution in [0.3, 0.4) is 0 Å². The monoisotopic (exact) mass is 209 g/mol. The number of fused-ring (bicyclic) bond motifs is 1. The van der Waals surface area contributed by atoms with Gasteiger partial charge in [-0.05, 0) is 5.39 Å². The van der Waals surface area contributed by atoms with Crippen LogP contribution in [0.15, 0.2) is 41.7 Å². The highest BCUT2D eigenvalue weighted by atomic mass is 16.1. The first-order valence-electron chi connectivity index (χ1n) is 4.66. The van der Waals surface area contributed by atoms with E-state index in [2.05, 4.69) is 9.98 Å². The summed E-state index contributed by atoms with van der Waals surface area (Å²) in [4.78, 5) is 17.7. The van der Waals surface area contributed by atoms with Crippen molar-refractivity contribution < 1.29 is 4.79 Å². The lowest BCUT2D eigenvalue weighted by molar-refractivity contribution is 0.561. The number of aromatic nitrogens is 1. The van der Waals surface area contributed by atoms with Crippen molar-refractivity contribution in [2.45, 2.75) is 6.04 Å². The van der Waals surface area contributed by atoms with E-state index in [1.165, 1.54) is 6.08 Å². The number of hydrogen-bond acceptors (Lipinski definition) is 4. The molecule has 1 unspecified atom stereocenters. The molecule has 0 radical (unpaired) electrons. The van der Waals surface area contributed by atoms with E-state index in [-0.39, 0.29) is 0 Å². The molecule has 0 fully saturated rings. The van der Waals surface area contributed by atoms with Gasteiger partial charge in [0.1, 0.15) is 0 Å². The molecule has 2 rings (SSSR count). The number of rotatable bonds is 2. The zero-order valence-corrected chi connectivity index (χ0v) is 8.29. The van der Waals surface area contributed by atoms with Crippen LogP contribution in [0.1, 0.15) is 11.6 Å². The van der Waals surface area contributed by atoms with Gasteiger partial charge in [-0.2, -0.15) is 10.3 Å². The van der Waals surface area contributed by atoms with Crippen LogP contribution in [0, 0.1) is 11.3 Å². The first-order valence-corrected chi connectivity index (χ1v) is 4.66. The highest BCUT2D eigenvalue weighted by molar-refractivity contribution is 5.85. The lowest BCUT2D eigenvalue weighted by atomic mass is 10.0. The van der Waals surface area contributed by atoms with Crippen molar-refractivity contribution in [1.82, 2.24) is 4.98 Å². The number of nitrogens with zero attached hydrogens (tertiary/aromatic N) is 3. The summed E-state index contributed by atoms with van der Waals surface area (Å²) in [6.07, 6.45) is 4.67. The Hall–Kier alpha value is -2.50. The van der Waals surface area contributed by atoms with Crippen LogP contribution in [0.25, 0.3) is 10.8 Å². The molecule has 0 spiro atoms. The molecule has 16 heavy (non-hydrogen) atoms. The number of hydrogen-bond donors (Lipinski definition) is 0. The second kappa shape index (κ2) is 4.35. The summed E-state index contributed by atoms with van der Waals surface area (Å²) in [5, 5.41) is 10.7. The smallest absolute Gasteiger partial charge is 0.236 e. The van der Waals surface area contributed by atoms with Crippen LogP contribution >= 0.6 is 0 Å². The minimum atomic E-state index is -0.837. The molecule has 0 N–H and O–H groups in total. The highest BCUT2D eigenvalue weighted by Crippen LogP contribution is 2.24. The summed E-state index contributed by atoms with van der Waals surface area (Å²) in [7, 11) is 0. The molecule has 0 aliphatic rings. The van der Waals surface area contributed by atoms with Gasteiger partial charge in [0, 0.05) is 23.3 Å². The number of isocyanates is 1. The summed E-state index contributed by atoms with van der Waals surface area (Å²) < 4.78 is 0. The molecule has 76 valence electrons. The maximum Gasteiger partial charge on any atom is 0.236 e. The van der Waals surface area contributed by atoms with Gasteiger partial charge < -0.3 is 0 Å².